The van der Waals surface area contributed by atoms with Gasteiger partial charge in [-0.1, -0.05) is 0 Å². The van der Waals surface area contributed by atoms with Crippen molar-refractivity contribution in [3.05, 3.63) is 47.0 Å². The number of carbonyl (C=O) groups excluding carboxylic acids is 1. The normalized spacial score (nSPS) is 10.1. The Labute approximate surface area is 89.5 Å². The predicted molar refractivity (Wildman–Crippen MR) is 56.7 cm³/mol. The minimum absolute atomic E-state index is 0.653. The smallest absolute Gasteiger partial charge is 0.150 e. The number of imidazole rings is 1. The third-order valence-electron chi connectivity index (χ3n) is 1.89. The maximum Gasteiger partial charge on any atom is 0.150 e. The molecule has 0 fully saturated rings. The fourth-order valence-electron chi connectivity index (χ4n) is 1.21. The molecule has 14 heavy (non-hydrogen) atoms. The van der Waals surface area contributed by atoms with E-state index in [4.69, 9.17) is 0 Å². The third-order valence-corrected chi connectivity index (χ3v) is 2.53. The van der Waals surface area contributed by atoms with E-state index in [1.807, 2.05) is 16.8 Å². The molecule has 0 bridgehead atoms. The Kier molecular flexibility index (Phi) is 2.45. The van der Waals surface area contributed by atoms with E-state index in [2.05, 4.69) is 20.9 Å². The van der Waals surface area contributed by atoms with Gasteiger partial charge in [0, 0.05) is 22.4 Å². The molecule has 0 atom stereocenters. The maximum atomic E-state index is 10.5. The molecule has 2 aromatic rings. The van der Waals surface area contributed by atoms with Crippen LogP contribution in [0.5, 0.6) is 0 Å². The molecule has 70 valence electrons. The van der Waals surface area contributed by atoms with E-state index >= 15 is 0 Å². The summed E-state index contributed by atoms with van der Waals surface area (Å²) in [6, 6.07) is 5.42. The van der Waals surface area contributed by atoms with Gasteiger partial charge >= 0.3 is 0 Å². The zero-order chi connectivity index (χ0) is 9.97. The molecule has 4 heteroatoms. The maximum absolute atomic E-state index is 10.5. The highest BCUT2D eigenvalue weighted by atomic mass is 79.9. The minimum Gasteiger partial charge on any atom is -0.305 e. The molecular formula is C10H7BrN2O. The number of rotatable bonds is 2. The van der Waals surface area contributed by atoms with Gasteiger partial charge in [0.15, 0.2) is 0 Å². The molecule has 0 saturated heterocycles. The molecule has 0 unspecified atom stereocenters. The molecule has 1 aromatic carbocycles. The minimum atomic E-state index is 0.653. The van der Waals surface area contributed by atoms with Crippen LogP contribution in [-0.4, -0.2) is 15.8 Å². The van der Waals surface area contributed by atoms with Gasteiger partial charge < -0.3 is 4.57 Å². The molecule has 0 aliphatic heterocycles. The number of hydrogen-bond donors (Lipinski definition) is 0. The average Bonchev–Trinajstić information content (AvgIpc) is 2.70. The van der Waals surface area contributed by atoms with Crippen molar-refractivity contribution in [2.75, 3.05) is 0 Å². The zero-order valence-electron chi connectivity index (χ0n) is 7.22. The molecule has 0 aliphatic rings. The first kappa shape index (κ1) is 9.15. The van der Waals surface area contributed by atoms with Gasteiger partial charge in [-0.2, -0.15) is 0 Å². The number of benzene rings is 1. The summed E-state index contributed by atoms with van der Waals surface area (Å²) in [4.78, 5) is 14.5. The topological polar surface area (TPSA) is 34.9 Å². The van der Waals surface area contributed by atoms with Crippen molar-refractivity contribution in [1.29, 1.82) is 0 Å². The van der Waals surface area contributed by atoms with E-state index in [1.165, 1.54) is 0 Å². The van der Waals surface area contributed by atoms with Gasteiger partial charge in [0.05, 0.1) is 12.0 Å². The van der Waals surface area contributed by atoms with Crippen molar-refractivity contribution in [2.24, 2.45) is 0 Å². The van der Waals surface area contributed by atoms with Crippen LogP contribution in [0.3, 0.4) is 0 Å². The highest BCUT2D eigenvalue weighted by molar-refractivity contribution is 9.10. The van der Waals surface area contributed by atoms with Gasteiger partial charge in [0.1, 0.15) is 6.29 Å². The molecule has 0 spiro atoms. The first-order chi connectivity index (χ1) is 6.81. The largest absolute Gasteiger partial charge is 0.305 e. The van der Waals surface area contributed by atoms with Crippen LogP contribution in [0.2, 0.25) is 0 Å². The number of hydrogen-bond acceptors (Lipinski definition) is 2. The SMILES string of the molecule is O=Cc1ccc(-n2ccnc2)c(Br)c1. The number of aldehydes is 1. The van der Waals surface area contributed by atoms with Crippen molar-refractivity contribution in [3.63, 3.8) is 0 Å². The monoisotopic (exact) mass is 250 g/mol. The molecule has 0 radical (unpaired) electrons. The Balaban J connectivity index is 2.51. The van der Waals surface area contributed by atoms with Gasteiger partial charge in [-0.25, -0.2) is 4.98 Å². The van der Waals surface area contributed by atoms with Crippen LogP contribution >= 0.6 is 15.9 Å². The Bertz CT molecular complexity index is 451. The molecule has 2 rings (SSSR count). The van der Waals surface area contributed by atoms with Crippen LogP contribution in [0.15, 0.2) is 41.4 Å². The first-order valence-corrected chi connectivity index (χ1v) is 4.83. The van der Waals surface area contributed by atoms with E-state index in [0.717, 1.165) is 16.4 Å². The van der Waals surface area contributed by atoms with Crippen LogP contribution in [0.25, 0.3) is 5.69 Å². The van der Waals surface area contributed by atoms with Crippen molar-refractivity contribution in [1.82, 2.24) is 9.55 Å². The molecule has 1 aromatic heterocycles. The number of aromatic nitrogens is 2. The fraction of sp³-hybridized carbons (Fsp3) is 0. The number of nitrogens with zero attached hydrogens (tertiary/aromatic N) is 2. The van der Waals surface area contributed by atoms with Crippen LogP contribution < -0.4 is 0 Å². The third kappa shape index (κ3) is 1.61. The summed E-state index contributed by atoms with van der Waals surface area (Å²) in [5.74, 6) is 0. The Morgan fingerprint density at radius 3 is 2.86 bits per heavy atom. The quantitative estimate of drug-likeness (QED) is 0.768. The van der Waals surface area contributed by atoms with Gasteiger partial charge in [-0.15, -0.1) is 0 Å². The van der Waals surface area contributed by atoms with Crippen LogP contribution in [0.4, 0.5) is 0 Å². The second-order valence-electron chi connectivity index (χ2n) is 2.80. The molecular weight excluding hydrogens is 244 g/mol. The lowest BCUT2D eigenvalue weighted by molar-refractivity contribution is 0.112. The summed E-state index contributed by atoms with van der Waals surface area (Å²) in [5, 5.41) is 0. The van der Waals surface area contributed by atoms with E-state index in [9.17, 15) is 4.79 Å². The molecule has 1 heterocycles. The van der Waals surface area contributed by atoms with Gasteiger partial charge in [0.2, 0.25) is 0 Å². The first-order valence-electron chi connectivity index (χ1n) is 4.04. The molecule has 0 amide bonds. The molecule has 0 N–H and O–H groups in total. The van der Waals surface area contributed by atoms with Gasteiger partial charge in [-0.05, 0) is 34.1 Å². The lowest BCUT2D eigenvalue weighted by Crippen LogP contribution is -1.92. The van der Waals surface area contributed by atoms with Gasteiger partial charge in [0.25, 0.3) is 0 Å². The average molecular weight is 251 g/mol. The zero-order valence-corrected chi connectivity index (χ0v) is 8.81. The van der Waals surface area contributed by atoms with E-state index in [-0.39, 0.29) is 0 Å². The van der Waals surface area contributed by atoms with Crippen molar-refractivity contribution < 1.29 is 4.79 Å². The number of carbonyl (C=O) groups is 1. The second-order valence-corrected chi connectivity index (χ2v) is 3.65. The molecule has 0 aliphatic carbocycles. The van der Waals surface area contributed by atoms with Crippen molar-refractivity contribution in [2.45, 2.75) is 0 Å². The molecule has 0 saturated carbocycles. The Morgan fingerprint density at radius 1 is 1.43 bits per heavy atom. The Morgan fingerprint density at radius 2 is 2.29 bits per heavy atom. The van der Waals surface area contributed by atoms with E-state index < -0.39 is 0 Å². The summed E-state index contributed by atoms with van der Waals surface area (Å²) >= 11 is 3.40. The standard InChI is InChI=1S/C10H7BrN2O/c11-9-5-8(6-14)1-2-10(9)13-4-3-12-7-13/h1-7H. The van der Waals surface area contributed by atoms with Crippen LogP contribution in [0.1, 0.15) is 10.4 Å². The van der Waals surface area contributed by atoms with Gasteiger partial charge in [-0.3, -0.25) is 4.79 Å². The van der Waals surface area contributed by atoms with Crippen LogP contribution in [-0.2, 0) is 0 Å². The van der Waals surface area contributed by atoms with E-state index in [1.54, 1.807) is 24.7 Å². The second kappa shape index (κ2) is 3.75. The lowest BCUT2D eigenvalue weighted by Gasteiger charge is -2.04. The van der Waals surface area contributed by atoms with Crippen LogP contribution in [0, 0.1) is 0 Å². The lowest BCUT2D eigenvalue weighted by atomic mass is 10.2. The summed E-state index contributed by atoms with van der Waals surface area (Å²) < 4.78 is 2.75. The predicted octanol–water partition coefficient (Wildman–Crippen LogP) is 2.45. The fourth-order valence-corrected chi connectivity index (χ4v) is 1.81. The van der Waals surface area contributed by atoms with Crippen molar-refractivity contribution >= 4 is 22.2 Å². The molecule has 3 nitrogen and oxygen atoms in total. The summed E-state index contributed by atoms with van der Waals surface area (Å²) in [6.07, 6.45) is 6.09. The summed E-state index contributed by atoms with van der Waals surface area (Å²) in [5.41, 5.74) is 1.62. The summed E-state index contributed by atoms with van der Waals surface area (Å²) in [7, 11) is 0. The Hall–Kier alpha value is -1.42. The highest BCUT2D eigenvalue weighted by Gasteiger charge is 2.02. The summed E-state index contributed by atoms with van der Waals surface area (Å²) in [6.45, 7) is 0. The van der Waals surface area contributed by atoms with E-state index in [0.29, 0.717) is 5.56 Å². The van der Waals surface area contributed by atoms with Crippen molar-refractivity contribution in [3.8, 4) is 5.69 Å². The highest BCUT2D eigenvalue weighted by Crippen LogP contribution is 2.21. The number of halogens is 1.